The molecule has 2 atom stereocenters. The number of nitrogens with zero attached hydrogens (tertiary/aromatic N) is 1. The number of anilines is 1. The highest BCUT2D eigenvalue weighted by molar-refractivity contribution is 7.89. The highest BCUT2D eigenvalue weighted by atomic mass is 35.5. The van der Waals surface area contributed by atoms with Crippen molar-refractivity contribution in [1.82, 2.24) is 9.71 Å². The fourth-order valence-corrected chi connectivity index (χ4v) is 5.90. The average Bonchev–Trinajstić information content (AvgIpc) is 3.65. The van der Waals surface area contributed by atoms with Crippen molar-refractivity contribution in [3.05, 3.63) is 113 Å². The number of amides is 1. The summed E-state index contributed by atoms with van der Waals surface area (Å²) in [6.45, 7) is 0. The Morgan fingerprint density at radius 2 is 1.55 bits per heavy atom. The largest absolute Gasteiger partial charge is 0.480 e. The maximum atomic E-state index is 13.2. The standard InChI is InChI=1S/C28H22ClN3O5S/c29-22-8-4-18(5-9-22)19-6-10-24(11-7-19)38(36,37)32-28(27(34)35)17-25(28)21-2-1-3-23(16-21)31-26(33)20-12-14-30-15-13-20/h1-16,25,32H,17H2,(H,31,33)(H,34,35)/t25-,28+/m0/s1. The highest BCUT2D eigenvalue weighted by Crippen LogP contribution is 2.52. The number of pyridine rings is 1. The van der Waals surface area contributed by atoms with Crippen LogP contribution in [0.1, 0.15) is 28.3 Å². The third-order valence-corrected chi connectivity index (χ3v) is 8.27. The molecule has 10 heteroatoms. The number of hydrogen-bond acceptors (Lipinski definition) is 5. The van der Waals surface area contributed by atoms with Gasteiger partial charge >= 0.3 is 5.97 Å². The summed E-state index contributed by atoms with van der Waals surface area (Å²) >= 11 is 5.93. The van der Waals surface area contributed by atoms with E-state index in [9.17, 15) is 23.1 Å². The third-order valence-electron chi connectivity index (χ3n) is 6.49. The minimum absolute atomic E-state index is 0.0418. The van der Waals surface area contributed by atoms with E-state index in [4.69, 9.17) is 11.6 Å². The number of sulfonamides is 1. The molecular formula is C28H22ClN3O5S. The Balaban J connectivity index is 1.34. The summed E-state index contributed by atoms with van der Waals surface area (Å²) in [5.41, 5.74) is 1.46. The van der Waals surface area contributed by atoms with Crippen LogP contribution in [-0.2, 0) is 14.8 Å². The van der Waals surface area contributed by atoms with Gasteiger partial charge in [-0.1, -0.05) is 48.0 Å². The van der Waals surface area contributed by atoms with Crippen molar-refractivity contribution in [2.75, 3.05) is 5.32 Å². The van der Waals surface area contributed by atoms with Crippen LogP contribution in [0.2, 0.25) is 5.02 Å². The van der Waals surface area contributed by atoms with E-state index in [-0.39, 0.29) is 17.2 Å². The van der Waals surface area contributed by atoms with Gasteiger partial charge in [-0.25, -0.2) is 8.42 Å². The van der Waals surface area contributed by atoms with Gasteiger partial charge in [0.15, 0.2) is 0 Å². The first-order chi connectivity index (χ1) is 18.2. The van der Waals surface area contributed by atoms with E-state index in [0.717, 1.165) is 11.1 Å². The van der Waals surface area contributed by atoms with Gasteiger partial charge in [0, 0.05) is 34.6 Å². The zero-order valence-corrected chi connectivity index (χ0v) is 21.4. The predicted molar refractivity (Wildman–Crippen MR) is 144 cm³/mol. The van der Waals surface area contributed by atoms with Crippen molar-refractivity contribution < 1.29 is 23.1 Å². The van der Waals surface area contributed by atoms with Gasteiger partial charge in [0.2, 0.25) is 10.0 Å². The lowest BCUT2D eigenvalue weighted by molar-refractivity contribution is -0.140. The summed E-state index contributed by atoms with van der Waals surface area (Å²) in [5.74, 6) is -2.22. The van der Waals surface area contributed by atoms with Gasteiger partial charge in [0.05, 0.1) is 4.90 Å². The Kier molecular flexibility index (Phi) is 6.75. The van der Waals surface area contributed by atoms with Crippen LogP contribution < -0.4 is 10.0 Å². The molecule has 0 aliphatic heterocycles. The Morgan fingerprint density at radius 3 is 2.18 bits per heavy atom. The number of aliphatic carboxylic acids is 1. The van der Waals surface area contributed by atoms with Crippen LogP contribution in [0.15, 0.2) is 102 Å². The number of aromatic nitrogens is 1. The minimum atomic E-state index is -4.14. The van der Waals surface area contributed by atoms with E-state index in [2.05, 4.69) is 15.0 Å². The molecule has 1 heterocycles. The van der Waals surface area contributed by atoms with Gasteiger partial charge in [-0.15, -0.1) is 0 Å². The number of carbonyl (C=O) groups excluding carboxylic acids is 1. The van der Waals surface area contributed by atoms with Gasteiger partial charge in [0.25, 0.3) is 5.91 Å². The molecule has 1 saturated carbocycles. The quantitative estimate of drug-likeness (QED) is 0.287. The van der Waals surface area contributed by atoms with Crippen LogP contribution in [0.3, 0.4) is 0 Å². The van der Waals surface area contributed by atoms with Crippen LogP contribution >= 0.6 is 11.6 Å². The Labute approximate surface area is 224 Å². The normalized spacial score (nSPS) is 18.5. The second-order valence-corrected chi connectivity index (χ2v) is 11.1. The minimum Gasteiger partial charge on any atom is -0.480 e. The van der Waals surface area contributed by atoms with Crippen molar-refractivity contribution in [2.24, 2.45) is 0 Å². The molecule has 1 fully saturated rings. The summed E-state index contributed by atoms with van der Waals surface area (Å²) in [4.78, 5) is 28.6. The maximum absolute atomic E-state index is 13.2. The molecule has 38 heavy (non-hydrogen) atoms. The number of rotatable bonds is 8. The molecule has 1 amide bonds. The van der Waals surface area contributed by atoms with Gasteiger partial charge in [-0.2, -0.15) is 4.72 Å². The molecule has 5 rings (SSSR count). The van der Waals surface area contributed by atoms with Crippen LogP contribution in [0.4, 0.5) is 5.69 Å². The maximum Gasteiger partial charge on any atom is 0.325 e. The zero-order valence-electron chi connectivity index (χ0n) is 19.8. The summed E-state index contributed by atoms with van der Waals surface area (Å²) in [6.07, 6.45) is 3.09. The fraction of sp³-hybridized carbons (Fsp3) is 0.107. The first-order valence-corrected chi connectivity index (χ1v) is 13.5. The molecule has 0 saturated heterocycles. The molecule has 3 aromatic carbocycles. The van der Waals surface area contributed by atoms with Crippen molar-refractivity contribution >= 4 is 39.2 Å². The molecule has 3 N–H and O–H groups in total. The molecule has 0 bridgehead atoms. The average molecular weight is 548 g/mol. The van der Waals surface area contributed by atoms with Crippen molar-refractivity contribution in [3.63, 3.8) is 0 Å². The zero-order chi connectivity index (χ0) is 26.9. The summed E-state index contributed by atoms with van der Waals surface area (Å²) in [7, 11) is -4.14. The van der Waals surface area contributed by atoms with E-state index in [1.165, 1.54) is 24.5 Å². The predicted octanol–water partition coefficient (Wildman–Crippen LogP) is 4.94. The third kappa shape index (κ3) is 5.17. The van der Waals surface area contributed by atoms with Crippen LogP contribution in [-0.4, -0.2) is 35.9 Å². The second kappa shape index (κ2) is 10.0. The van der Waals surface area contributed by atoms with E-state index >= 15 is 0 Å². The number of halogens is 1. The molecule has 1 aliphatic carbocycles. The highest BCUT2D eigenvalue weighted by Gasteiger charge is 2.63. The number of hydrogen-bond donors (Lipinski definition) is 3. The molecule has 0 spiro atoms. The Morgan fingerprint density at radius 1 is 0.921 bits per heavy atom. The summed E-state index contributed by atoms with van der Waals surface area (Å²) in [5, 5.41) is 13.4. The van der Waals surface area contributed by atoms with Crippen molar-refractivity contribution in [1.29, 1.82) is 0 Å². The molecular weight excluding hydrogens is 526 g/mol. The summed E-state index contributed by atoms with van der Waals surface area (Å²) in [6, 6.07) is 23.2. The number of benzene rings is 3. The van der Waals surface area contributed by atoms with E-state index in [1.54, 1.807) is 60.7 Å². The molecule has 1 aliphatic rings. The lowest BCUT2D eigenvalue weighted by Gasteiger charge is -2.16. The lowest BCUT2D eigenvalue weighted by atomic mass is 10.1. The first kappa shape index (κ1) is 25.6. The van der Waals surface area contributed by atoms with E-state index in [0.29, 0.717) is 21.8 Å². The van der Waals surface area contributed by atoms with E-state index in [1.807, 2.05) is 12.1 Å². The van der Waals surface area contributed by atoms with Crippen LogP contribution in [0.25, 0.3) is 11.1 Å². The Bertz CT molecular complexity index is 1610. The van der Waals surface area contributed by atoms with Crippen molar-refractivity contribution in [2.45, 2.75) is 22.8 Å². The number of carboxylic acid groups (broad SMARTS) is 1. The topological polar surface area (TPSA) is 125 Å². The fourth-order valence-electron chi connectivity index (χ4n) is 4.37. The molecule has 1 aromatic heterocycles. The lowest BCUT2D eigenvalue weighted by Crippen LogP contribution is -2.44. The SMILES string of the molecule is O=C(Nc1cccc([C@@H]2C[C@]2(NS(=O)(=O)c2ccc(-c3ccc(Cl)cc3)cc2)C(=O)O)c1)c1ccncc1. The summed E-state index contributed by atoms with van der Waals surface area (Å²) < 4.78 is 28.8. The van der Waals surface area contributed by atoms with Crippen molar-refractivity contribution in [3.8, 4) is 11.1 Å². The molecule has 0 radical (unpaired) electrons. The molecule has 4 aromatic rings. The van der Waals surface area contributed by atoms with Gasteiger partial charge in [-0.05, 0) is 71.6 Å². The molecule has 8 nitrogen and oxygen atoms in total. The van der Waals surface area contributed by atoms with Crippen LogP contribution in [0.5, 0.6) is 0 Å². The number of carbonyl (C=O) groups is 2. The number of nitrogens with one attached hydrogen (secondary N) is 2. The number of carboxylic acids is 1. The van der Waals surface area contributed by atoms with Gasteiger partial charge in [-0.3, -0.25) is 14.6 Å². The Hall–Kier alpha value is -4.05. The monoisotopic (exact) mass is 547 g/mol. The smallest absolute Gasteiger partial charge is 0.325 e. The van der Waals surface area contributed by atoms with Crippen LogP contribution in [0, 0.1) is 0 Å². The van der Waals surface area contributed by atoms with Gasteiger partial charge in [0.1, 0.15) is 5.54 Å². The first-order valence-electron chi connectivity index (χ1n) is 11.6. The second-order valence-electron chi connectivity index (χ2n) is 8.99. The molecule has 0 unspecified atom stereocenters. The van der Waals surface area contributed by atoms with Gasteiger partial charge < -0.3 is 10.4 Å². The van der Waals surface area contributed by atoms with E-state index < -0.39 is 27.4 Å². The molecule has 192 valence electrons.